The fourth-order valence-electron chi connectivity index (χ4n) is 2.03. The molecule has 0 saturated carbocycles. The van der Waals surface area contributed by atoms with Crippen molar-refractivity contribution in [1.82, 2.24) is 4.98 Å². The second-order valence-corrected chi connectivity index (χ2v) is 5.92. The largest absolute Gasteiger partial charge is 0.374 e. The summed E-state index contributed by atoms with van der Waals surface area (Å²) in [6.45, 7) is 3.02. The third kappa shape index (κ3) is 2.58. The minimum atomic E-state index is -0.0629. The van der Waals surface area contributed by atoms with Crippen LogP contribution in [-0.4, -0.2) is 22.0 Å². The van der Waals surface area contributed by atoms with Crippen molar-refractivity contribution < 1.29 is 4.74 Å². The van der Waals surface area contributed by atoms with Gasteiger partial charge < -0.3 is 4.74 Å². The van der Waals surface area contributed by atoms with Gasteiger partial charge >= 0.3 is 0 Å². The van der Waals surface area contributed by atoms with E-state index in [1.165, 1.54) is 0 Å². The van der Waals surface area contributed by atoms with E-state index in [2.05, 4.69) is 27.8 Å². The van der Waals surface area contributed by atoms with E-state index in [1.54, 1.807) is 12.4 Å². The van der Waals surface area contributed by atoms with Gasteiger partial charge in [-0.2, -0.15) is 0 Å². The molecule has 88 valence electrons. The van der Waals surface area contributed by atoms with Crippen LogP contribution in [0.2, 0.25) is 5.02 Å². The molecule has 16 heavy (non-hydrogen) atoms. The van der Waals surface area contributed by atoms with E-state index >= 15 is 0 Å². The topological polar surface area (TPSA) is 22.1 Å². The Bertz CT molecular complexity index is 366. The zero-order chi connectivity index (χ0) is 11.6. The van der Waals surface area contributed by atoms with Crippen molar-refractivity contribution in [3.05, 3.63) is 29.0 Å². The Kier molecular flexibility index (Phi) is 3.88. The molecular formula is C12H15BrClNO. The number of alkyl halides is 1. The highest BCUT2D eigenvalue weighted by atomic mass is 79.9. The molecule has 0 amide bonds. The van der Waals surface area contributed by atoms with Gasteiger partial charge in [0, 0.05) is 23.8 Å². The number of ether oxygens (including phenoxy) is 1. The number of rotatable bonds is 3. The highest BCUT2D eigenvalue weighted by Gasteiger charge is 2.36. The van der Waals surface area contributed by atoms with Gasteiger partial charge in [-0.3, -0.25) is 4.98 Å². The normalized spacial score (nSPS) is 26.9. The molecule has 2 atom stereocenters. The van der Waals surface area contributed by atoms with Crippen LogP contribution in [0.4, 0.5) is 0 Å². The molecule has 0 spiro atoms. The molecule has 2 nitrogen and oxygen atoms in total. The zero-order valence-electron chi connectivity index (χ0n) is 9.25. The molecule has 1 aliphatic rings. The lowest BCUT2D eigenvalue weighted by molar-refractivity contribution is 0.0202. The number of halogens is 2. The Morgan fingerprint density at radius 3 is 3.12 bits per heavy atom. The lowest BCUT2D eigenvalue weighted by Crippen LogP contribution is -2.35. The van der Waals surface area contributed by atoms with Crippen molar-refractivity contribution in [2.75, 3.05) is 6.61 Å². The fraction of sp³-hybridized carbons (Fsp3) is 0.583. The Morgan fingerprint density at radius 1 is 1.69 bits per heavy atom. The number of pyridine rings is 1. The van der Waals surface area contributed by atoms with E-state index < -0.39 is 0 Å². The molecule has 1 aromatic heterocycles. The van der Waals surface area contributed by atoms with Crippen LogP contribution in [0.1, 0.15) is 25.3 Å². The predicted molar refractivity (Wildman–Crippen MR) is 69.3 cm³/mol. The molecule has 0 aromatic carbocycles. The summed E-state index contributed by atoms with van der Waals surface area (Å²) in [5, 5.41) is 0.730. The molecule has 2 heterocycles. The molecule has 1 aliphatic heterocycles. The molecule has 0 N–H and O–H groups in total. The summed E-state index contributed by atoms with van der Waals surface area (Å²) in [5.74, 6) is 0. The molecule has 1 fully saturated rings. The number of aromatic nitrogens is 1. The first-order valence-electron chi connectivity index (χ1n) is 5.48. The lowest BCUT2D eigenvalue weighted by Gasteiger charge is -2.29. The second kappa shape index (κ2) is 5.03. The van der Waals surface area contributed by atoms with Gasteiger partial charge in [0.1, 0.15) is 0 Å². The van der Waals surface area contributed by atoms with Crippen LogP contribution in [0.5, 0.6) is 0 Å². The number of nitrogens with zero attached hydrogens (tertiary/aromatic N) is 1. The van der Waals surface area contributed by atoms with E-state index in [0.717, 1.165) is 36.5 Å². The van der Waals surface area contributed by atoms with Gasteiger partial charge in [-0.05, 0) is 37.8 Å². The Balaban J connectivity index is 2.07. The summed E-state index contributed by atoms with van der Waals surface area (Å²) >= 11 is 9.82. The maximum absolute atomic E-state index is 6.10. The van der Waals surface area contributed by atoms with Crippen molar-refractivity contribution in [2.45, 2.75) is 36.6 Å². The maximum Gasteiger partial charge on any atom is 0.0783 e. The van der Waals surface area contributed by atoms with Gasteiger partial charge in [0.15, 0.2) is 0 Å². The van der Waals surface area contributed by atoms with E-state index in [0.29, 0.717) is 4.83 Å². The molecule has 1 aromatic rings. The van der Waals surface area contributed by atoms with Gasteiger partial charge in [-0.25, -0.2) is 0 Å². The predicted octanol–water partition coefficient (Wildman–Crippen LogP) is 3.61. The van der Waals surface area contributed by atoms with Crippen LogP contribution in [0.15, 0.2) is 18.5 Å². The third-order valence-corrected chi connectivity index (χ3v) is 4.80. The van der Waals surface area contributed by atoms with Crippen LogP contribution in [0, 0.1) is 0 Å². The highest BCUT2D eigenvalue weighted by molar-refractivity contribution is 9.09. The fourth-order valence-corrected chi connectivity index (χ4v) is 2.93. The summed E-state index contributed by atoms with van der Waals surface area (Å²) in [6, 6.07) is 1.97. The smallest absolute Gasteiger partial charge is 0.0783 e. The van der Waals surface area contributed by atoms with Gasteiger partial charge in [-0.1, -0.05) is 27.5 Å². The van der Waals surface area contributed by atoms with Crippen molar-refractivity contribution in [1.29, 1.82) is 0 Å². The Labute approximate surface area is 109 Å². The zero-order valence-corrected chi connectivity index (χ0v) is 11.6. The minimum Gasteiger partial charge on any atom is -0.374 e. The van der Waals surface area contributed by atoms with E-state index in [-0.39, 0.29) is 5.60 Å². The first kappa shape index (κ1) is 12.3. The monoisotopic (exact) mass is 303 g/mol. The van der Waals surface area contributed by atoms with Gasteiger partial charge in [-0.15, -0.1) is 0 Å². The van der Waals surface area contributed by atoms with E-state index in [4.69, 9.17) is 16.3 Å². The van der Waals surface area contributed by atoms with Crippen molar-refractivity contribution in [3.8, 4) is 0 Å². The lowest BCUT2D eigenvalue weighted by atomic mass is 9.94. The van der Waals surface area contributed by atoms with E-state index in [1.807, 2.05) is 6.07 Å². The first-order chi connectivity index (χ1) is 7.62. The van der Waals surface area contributed by atoms with Crippen LogP contribution < -0.4 is 0 Å². The number of hydrogen-bond donors (Lipinski definition) is 0. The molecule has 4 heteroatoms. The first-order valence-corrected chi connectivity index (χ1v) is 6.77. The molecule has 0 bridgehead atoms. The molecule has 0 radical (unpaired) electrons. The van der Waals surface area contributed by atoms with Gasteiger partial charge in [0.25, 0.3) is 0 Å². The summed E-state index contributed by atoms with van der Waals surface area (Å²) in [4.78, 5) is 4.28. The van der Waals surface area contributed by atoms with Crippen LogP contribution >= 0.6 is 27.5 Å². The highest BCUT2D eigenvalue weighted by Crippen LogP contribution is 2.35. The average molecular weight is 305 g/mol. The van der Waals surface area contributed by atoms with Crippen LogP contribution in [-0.2, 0) is 11.2 Å². The minimum absolute atomic E-state index is 0.0629. The van der Waals surface area contributed by atoms with Crippen LogP contribution in [0.3, 0.4) is 0 Å². The second-order valence-electron chi connectivity index (χ2n) is 4.40. The quantitative estimate of drug-likeness (QED) is 0.796. The average Bonchev–Trinajstić information content (AvgIpc) is 2.70. The van der Waals surface area contributed by atoms with Crippen molar-refractivity contribution >= 4 is 27.5 Å². The third-order valence-electron chi connectivity index (χ3n) is 3.17. The van der Waals surface area contributed by atoms with E-state index in [9.17, 15) is 0 Å². The SMILES string of the molecule is CC1(C(Br)Cc2ccncc2Cl)CCCO1. The summed E-state index contributed by atoms with van der Waals surface area (Å²) in [7, 11) is 0. The standard InChI is InChI=1S/C12H15BrClNO/c1-12(4-2-6-16-12)11(13)7-9-3-5-15-8-10(9)14/h3,5,8,11H,2,4,6-7H2,1H3. The molecule has 2 unspecified atom stereocenters. The summed E-state index contributed by atoms with van der Waals surface area (Å²) < 4.78 is 5.81. The molecular weight excluding hydrogens is 289 g/mol. The number of hydrogen-bond acceptors (Lipinski definition) is 2. The molecule has 0 aliphatic carbocycles. The van der Waals surface area contributed by atoms with Crippen molar-refractivity contribution in [3.63, 3.8) is 0 Å². The Hall–Kier alpha value is -0.120. The molecule has 2 rings (SSSR count). The summed E-state index contributed by atoms with van der Waals surface area (Å²) in [6.07, 6.45) is 6.58. The maximum atomic E-state index is 6.10. The van der Waals surface area contributed by atoms with Gasteiger partial charge in [0.2, 0.25) is 0 Å². The molecule has 1 saturated heterocycles. The van der Waals surface area contributed by atoms with Crippen molar-refractivity contribution in [2.24, 2.45) is 0 Å². The summed E-state index contributed by atoms with van der Waals surface area (Å²) in [5.41, 5.74) is 1.06. The van der Waals surface area contributed by atoms with Gasteiger partial charge in [0.05, 0.1) is 10.6 Å². The Morgan fingerprint density at radius 2 is 2.50 bits per heavy atom. The van der Waals surface area contributed by atoms with Crippen LogP contribution in [0.25, 0.3) is 0 Å².